The molecule has 0 radical (unpaired) electrons. The first kappa shape index (κ1) is 83.3. The number of benzene rings is 4. The third-order valence-electron chi connectivity index (χ3n) is 18.6. The Morgan fingerprint density at radius 2 is 1.17 bits per heavy atom. The summed E-state index contributed by atoms with van der Waals surface area (Å²) in [6.07, 6.45) is 7.39. The normalized spacial score (nSPS) is 15.1. The van der Waals surface area contributed by atoms with Crippen molar-refractivity contribution in [3.63, 3.8) is 0 Å². The average molecular weight is 1520 g/mol. The van der Waals surface area contributed by atoms with Crippen molar-refractivity contribution in [2.45, 2.75) is 172 Å². The fourth-order valence-corrected chi connectivity index (χ4v) is 13.0. The Labute approximate surface area is 637 Å². The van der Waals surface area contributed by atoms with Gasteiger partial charge in [0.2, 0.25) is 65.0 Å². The first-order valence-corrected chi connectivity index (χ1v) is 36.9. The van der Waals surface area contributed by atoms with Crippen molar-refractivity contribution in [2.24, 2.45) is 28.1 Å². The highest BCUT2D eigenvalue weighted by molar-refractivity contribution is 6.30. The molecule has 3 aromatic heterocycles. The fraction of sp³-hybridized carbons (Fsp3) is 0.410. The largest absolute Gasteiger partial charge is 0.394 e. The van der Waals surface area contributed by atoms with E-state index >= 15 is 4.79 Å². The molecular weight excluding hydrogens is 1420 g/mol. The summed E-state index contributed by atoms with van der Waals surface area (Å²) in [6, 6.07) is 22.5. The second-order valence-corrected chi connectivity index (χ2v) is 28.0. The number of unbranched alkanes of at least 4 members (excludes halogenated alkanes) is 1. The summed E-state index contributed by atoms with van der Waals surface area (Å²) in [5.41, 5.74) is 20.8. The Morgan fingerprint density at radius 1 is 0.587 bits per heavy atom. The molecule has 0 aliphatic carbocycles. The molecule has 1 saturated heterocycles. The first-order valence-electron chi connectivity index (χ1n) is 36.6. The van der Waals surface area contributed by atoms with Crippen LogP contribution in [-0.4, -0.2) is 183 Å². The second-order valence-electron chi connectivity index (χ2n) is 27.6. The van der Waals surface area contributed by atoms with Crippen LogP contribution in [0.25, 0.3) is 21.7 Å². The molecule has 8 rings (SSSR count). The number of carbonyl (C=O) groups is 11. The molecule has 0 spiro atoms. The summed E-state index contributed by atoms with van der Waals surface area (Å²) in [5, 5.41) is 41.9. The maximum atomic E-state index is 15.0. The number of guanidine groups is 1. The van der Waals surface area contributed by atoms with E-state index in [4.69, 9.17) is 28.8 Å². The van der Waals surface area contributed by atoms with Gasteiger partial charge in [-0.05, 0) is 140 Å². The second kappa shape index (κ2) is 41.7. The number of hydrogen-bond donors (Lipinski definition) is 15. The maximum absolute atomic E-state index is 15.0. The van der Waals surface area contributed by atoms with E-state index in [9.17, 15) is 53.1 Å². The molecule has 109 heavy (non-hydrogen) atoms. The highest BCUT2D eigenvalue weighted by atomic mass is 35.5. The number of rotatable bonds is 41. The van der Waals surface area contributed by atoms with Crippen molar-refractivity contribution in [3.05, 3.63) is 179 Å². The zero-order valence-corrected chi connectivity index (χ0v) is 62.3. The summed E-state index contributed by atoms with van der Waals surface area (Å²) in [6.45, 7) is 6.32. The van der Waals surface area contributed by atoms with Gasteiger partial charge in [-0.25, -0.2) is 0 Å². The van der Waals surface area contributed by atoms with Crippen molar-refractivity contribution >= 4 is 104 Å². The molecule has 0 bridgehead atoms. The number of aromatic nitrogens is 3. The molecule has 4 aromatic carbocycles. The van der Waals surface area contributed by atoms with Crippen LogP contribution in [0.4, 0.5) is 0 Å². The number of aliphatic imine (C=N–C) groups is 1. The Balaban J connectivity index is 1.03. The predicted molar refractivity (Wildman–Crippen MR) is 412 cm³/mol. The van der Waals surface area contributed by atoms with Gasteiger partial charge in [-0.2, -0.15) is 0 Å². The van der Waals surface area contributed by atoms with E-state index in [-0.39, 0.29) is 89.2 Å². The van der Waals surface area contributed by atoms with Gasteiger partial charge in [0.25, 0.3) is 0 Å². The van der Waals surface area contributed by atoms with Crippen molar-refractivity contribution in [1.82, 2.24) is 73.0 Å². The van der Waals surface area contributed by atoms with E-state index in [2.05, 4.69) is 73.1 Å². The predicted octanol–water partition coefficient (Wildman–Crippen LogP) is 1.97. The monoisotopic (exact) mass is 1510 g/mol. The lowest BCUT2D eigenvalue weighted by Crippen LogP contribution is -2.61. The van der Waals surface area contributed by atoms with Crippen molar-refractivity contribution in [1.29, 1.82) is 0 Å². The standard InChI is InChI=1S/C78H99ClN18O12/c1-46(2)36-61(71(103)95-65(41-54-43-87-58-21-8-7-20-57(54)58)77(109)97-35-15-24-67(97)76(108)88-47(3)68(80)100)92-70(102)60(23-14-34-86-78(81)82)90-69(101)59(22-10-11-31-84-44-56-19-9-12-33-85-56)91-75(107)66(45-98)96-74(106)64(40-51-16-13-32-83-42-51)94-73(105)63(38-49-26-29-55(79)30-27-49)93-72(104)62(89-48(4)99)39-50-25-28-52-17-5-6-18-53(52)37-50/h5-9,12-13,16-21,25-30,32-33,37,42-43,46-47,59-67,84,87,98H,10-11,14-15,22-24,31,34-36,38-41,44-45H2,1-4H3,(H2,80,100)(H,88,108)(H,89,99)(H,90,101)(H,91,107)(H,92,102)(H,93,104)(H,94,105)(H,95,103)(H,96,106)(H4,81,82,86)/t47-,59+,60+,61+,62-,63-,64-,65+,66+,67-/m1/s1. The third-order valence-corrected chi connectivity index (χ3v) is 18.8. The van der Waals surface area contributed by atoms with Gasteiger partial charge in [-0.15, -0.1) is 0 Å². The van der Waals surface area contributed by atoms with Gasteiger partial charge >= 0.3 is 0 Å². The van der Waals surface area contributed by atoms with Gasteiger partial charge in [0.05, 0.1) is 12.3 Å². The minimum absolute atomic E-state index is 0.00170. The van der Waals surface area contributed by atoms with Crippen molar-refractivity contribution in [2.75, 3.05) is 26.2 Å². The molecule has 7 aromatic rings. The summed E-state index contributed by atoms with van der Waals surface area (Å²) in [4.78, 5) is 174. The number of primary amides is 1. The number of amides is 11. The van der Waals surface area contributed by atoms with Crippen LogP contribution in [0.1, 0.15) is 107 Å². The molecule has 0 unspecified atom stereocenters. The van der Waals surface area contributed by atoms with Crippen molar-refractivity contribution in [3.8, 4) is 0 Å². The number of hydrogen-bond acceptors (Lipinski definition) is 16. The van der Waals surface area contributed by atoms with Gasteiger partial charge in [0, 0.05) is 93.0 Å². The van der Waals surface area contributed by atoms with E-state index in [1.54, 1.807) is 54.9 Å². The van der Waals surface area contributed by atoms with Gasteiger partial charge in [-0.1, -0.05) is 110 Å². The maximum Gasteiger partial charge on any atom is 0.246 e. The number of likely N-dealkylation sites (tertiary alicyclic amines) is 1. The molecule has 1 fully saturated rings. The Morgan fingerprint density at radius 3 is 1.81 bits per heavy atom. The van der Waals surface area contributed by atoms with Crippen LogP contribution >= 0.6 is 11.6 Å². The van der Waals surface area contributed by atoms with Crippen LogP contribution < -0.4 is 70.4 Å². The number of fused-ring (bicyclic) bond motifs is 2. The van der Waals surface area contributed by atoms with Crippen LogP contribution in [0.2, 0.25) is 5.02 Å². The molecule has 1 aliphatic rings. The van der Waals surface area contributed by atoms with Crippen LogP contribution in [0, 0.1) is 5.92 Å². The topological polar surface area (TPSA) is 464 Å². The number of halogens is 1. The lowest BCUT2D eigenvalue weighted by atomic mass is 9.99. The van der Waals surface area contributed by atoms with Crippen LogP contribution in [0.15, 0.2) is 151 Å². The van der Waals surface area contributed by atoms with Crippen molar-refractivity contribution < 1.29 is 57.8 Å². The van der Waals surface area contributed by atoms with Crippen LogP contribution in [0.5, 0.6) is 0 Å². The molecule has 10 atom stereocenters. The van der Waals surface area contributed by atoms with Gasteiger partial charge in [0.1, 0.15) is 60.4 Å². The smallest absolute Gasteiger partial charge is 0.246 e. The van der Waals surface area contributed by atoms with E-state index in [1.165, 1.54) is 31.1 Å². The number of nitrogens with one attached hydrogen (secondary N) is 11. The van der Waals surface area contributed by atoms with Gasteiger partial charge < -0.3 is 85.4 Å². The molecule has 1 aliphatic heterocycles. The number of para-hydroxylation sites is 1. The molecule has 580 valence electrons. The Kier molecular flexibility index (Phi) is 31.8. The quantitative estimate of drug-likeness (QED) is 0.0148. The summed E-state index contributed by atoms with van der Waals surface area (Å²) in [5.74, 6) is -9.03. The van der Waals surface area contributed by atoms with Crippen LogP contribution in [-0.2, 0) is 85.0 Å². The lowest BCUT2D eigenvalue weighted by molar-refractivity contribution is -0.142. The molecule has 30 nitrogen and oxygen atoms in total. The average Bonchev–Trinajstić information content (AvgIpc) is 1.74. The molecule has 0 saturated carbocycles. The van der Waals surface area contributed by atoms with Gasteiger partial charge in [-0.3, -0.25) is 67.7 Å². The van der Waals surface area contributed by atoms with E-state index < -0.39 is 132 Å². The third kappa shape index (κ3) is 25.9. The molecular formula is C78H99ClN18O12. The number of nitrogens with two attached hydrogens (primary N) is 3. The fourth-order valence-electron chi connectivity index (χ4n) is 12.9. The number of pyridine rings is 2. The number of H-pyrrole nitrogens is 1. The minimum Gasteiger partial charge on any atom is -0.394 e. The minimum atomic E-state index is -1.78. The number of aliphatic hydroxyl groups excluding tert-OH is 1. The SMILES string of the molecule is CC(=O)N[C@H](Cc1ccc2ccccc2c1)C(=O)N[C@H](Cc1ccc(Cl)cc1)C(=O)N[C@H](Cc1cccnc1)C(=O)N[C@@H](CO)C(=O)N[C@@H](CCCCNCc1ccccn1)C(=O)N[C@@H](CCCN=C(N)N)C(=O)N[C@@H](CC(C)C)C(=O)N[C@@H](Cc1c[nH]c2ccccc12)C(=O)N1CCC[C@@H]1C(=O)N[C@H](C)C(N)=O. The molecule has 31 heteroatoms. The highest BCUT2D eigenvalue weighted by Crippen LogP contribution is 2.25. The molecule has 18 N–H and O–H groups in total. The Hall–Kier alpha value is -11.4. The number of aliphatic hydroxyl groups is 1. The zero-order chi connectivity index (χ0) is 78.5. The summed E-state index contributed by atoms with van der Waals surface area (Å²) < 4.78 is 0. The van der Waals surface area contributed by atoms with Gasteiger partial charge in [0.15, 0.2) is 5.96 Å². The summed E-state index contributed by atoms with van der Waals surface area (Å²) in [7, 11) is 0. The highest BCUT2D eigenvalue weighted by Gasteiger charge is 2.41. The lowest BCUT2D eigenvalue weighted by Gasteiger charge is -2.31. The molecule has 4 heterocycles. The van der Waals surface area contributed by atoms with E-state index in [0.29, 0.717) is 47.6 Å². The van der Waals surface area contributed by atoms with E-state index in [1.807, 2.05) is 92.7 Å². The first-order chi connectivity index (χ1) is 52.3. The number of carbonyl (C=O) groups excluding carboxylic acids is 11. The number of nitrogens with zero attached hydrogens (tertiary/aromatic N) is 4. The Bertz CT molecular complexity index is 4300. The molecule has 11 amide bonds. The van der Waals surface area contributed by atoms with Crippen LogP contribution in [0.3, 0.4) is 0 Å². The van der Waals surface area contributed by atoms with E-state index in [0.717, 1.165) is 32.9 Å². The zero-order valence-electron chi connectivity index (χ0n) is 61.6. The number of aromatic amines is 1. The summed E-state index contributed by atoms with van der Waals surface area (Å²) >= 11 is 6.26.